The van der Waals surface area contributed by atoms with Gasteiger partial charge in [0.15, 0.2) is 5.82 Å². The van der Waals surface area contributed by atoms with Gasteiger partial charge in [-0.3, -0.25) is 0 Å². The molecule has 1 fully saturated rings. The lowest BCUT2D eigenvalue weighted by Gasteiger charge is -2.08. The van der Waals surface area contributed by atoms with Crippen molar-refractivity contribution >= 4 is 11.8 Å². The highest BCUT2D eigenvalue weighted by molar-refractivity contribution is 7.98. The van der Waals surface area contributed by atoms with E-state index in [1.807, 2.05) is 11.8 Å². The minimum Gasteiger partial charge on any atom is -0.338 e. The molecule has 1 aliphatic carbocycles. The van der Waals surface area contributed by atoms with Crippen LogP contribution in [-0.4, -0.2) is 21.9 Å². The van der Waals surface area contributed by atoms with Crippen LogP contribution in [0.4, 0.5) is 0 Å². The third kappa shape index (κ3) is 4.32. The summed E-state index contributed by atoms with van der Waals surface area (Å²) in [5.74, 6) is 3.57. The van der Waals surface area contributed by atoms with Gasteiger partial charge in [0.05, 0.1) is 12.3 Å². The largest absolute Gasteiger partial charge is 0.338 e. The van der Waals surface area contributed by atoms with E-state index in [9.17, 15) is 0 Å². The fraction of sp³-hybridized carbons (Fsp3) is 0.833. The molecular formula is C12H21N3OS. The van der Waals surface area contributed by atoms with Gasteiger partial charge in [-0.15, -0.1) is 0 Å². The van der Waals surface area contributed by atoms with Crippen LogP contribution in [0, 0.1) is 0 Å². The Labute approximate surface area is 107 Å². The topological polar surface area (TPSA) is 51.0 Å². The van der Waals surface area contributed by atoms with Gasteiger partial charge in [-0.25, -0.2) is 0 Å². The van der Waals surface area contributed by atoms with Crippen molar-refractivity contribution in [3.8, 4) is 0 Å². The van der Waals surface area contributed by atoms with Crippen LogP contribution in [0.5, 0.6) is 0 Å². The highest BCUT2D eigenvalue weighted by Gasteiger charge is 2.15. The molecule has 1 aromatic heterocycles. The molecule has 1 N–H and O–H groups in total. The molecule has 0 unspecified atom stereocenters. The van der Waals surface area contributed by atoms with Crippen LogP contribution in [0.15, 0.2) is 4.52 Å². The van der Waals surface area contributed by atoms with Crippen molar-refractivity contribution in [3.05, 3.63) is 11.7 Å². The summed E-state index contributed by atoms with van der Waals surface area (Å²) in [4.78, 5) is 4.38. The number of hydrogen-bond acceptors (Lipinski definition) is 5. The number of rotatable bonds is 7. The van der Waals surface area contributed by atoms with E-state index in [1.54, 1.807) is 0 Å². The molecule has 0 aromatic carbocycles. The van der Waals surface area contributed by atoms with Crippen LogP contribution < -0.4 is 5.32 Å². The predicted molar refractivity (Wildman–Crippen MR) is 69.8 cm³/mol. The summed E-state index contributed by atoms with van der Waals surface area (Å²) in [6.45, 7) is 2.90. The summed E-state index contributed by atoms with van der Waals surface area (Å²) in [7, 11) is 0. The molecule has 0 saturated heterocycles. The number of aromatic nitrogens is 2. The Balaban J connectivity index is 1.69. The molecule has 1 heterocycles. The highest BCUT2D eigenvalue weighted by Crippen LogP contribution is 2.18. The highest BCUT2D eigenvalue weighted by atomic mass is 32.2. The molecule has 0 bridgehead atoms. The van der Waals surface area contributed by atoms with E-state index in [0.717, 1.165) is 29.8 Å². The normalized spacial score (nSPS) is 16.8. The lowest BCUT2D eigenvalue weighted by atomic mass is 10.2. The van der Waals surface area contributed by atoms with Crippen LogP contribution >= 0.6 is 11.8 Å². The molecule has 96 valence electrons. The second-order valence-corrected chi connectivity index (χ2v) is 5.62. The van der Waals surface area contributed by atoms with Crippen LogP contribution in [0.1, 0.15) is 50.7 Å². The Hall–Kier alpha value is -0.550. The lowest BCUT2D eigenvalue weighted by molar-refractivity contribution is 0.354. The zero-order valence-corrected chi connectivity index (χ0v) is 11.3. The van der Waals surface area contributed by atoms with E-state index in [0.29, 0.717) is 6.04 Å². The van der Waals surface area contributed by atoms with Crippen molar-refractivity contribution in [2.75, 3.05) is 5.75 Å². The monoisotopic (exact) mass is 255 g/mol. The van der Waals surface area contributed by atoms with Crippen molar-refractivity contribution in [1.29, 1.82) is 0 Å². The van der Waals surface area contributed by atoms with Crippen molar-refractivity contribution < 1.29 is 4.52 Å². The smallest absolute Gasteiger partial charge is 0.240 e. The zero-order chi connectivity index (χ0) is 11.9. The van der Waals surface area contributed by atoms with Gasteiger partial charge >= 0.3 is 0 Å². The van der Waals surface area contributed by atoms with E-state index in [2.05, 4.69) is 22.4 Å². The molecule has 2 rings (SSSR count). The third-order valence-corrected chi connectivity index (χ3v) is 4.15. The minimum absolute atomic E-state index is 0.653. The first-order valence-corrected chi connectivity index (χ1v) is 7.66. The van der Waals surface area contributed by atoms with Crippen molar-refractivity contribution in [2.45, 2.75) is 57.4 Å². The molecular weight excluding hydrogens is 234 g/mol. The molecule has 0 amide bonds. The van der Waals surface area contributed by atoms with Crippen LogP contribution in [0.2, 0.25) is 0 Å². The fourth-order valence-electron chi connectivity index (χ4n) is 2.09. The van der Waals surface area contributed by atoms with Gasteiger partial charge in [0.2, 0.25) is 5.89 Å². The average molecular weight is 255 g/mol. The van der Waals surface area contributed by atoms with Gasteiger partial charge in [-0.05, 0) is 25.0 Å². The number of nitrogens with zero attached hydrogens (tertiary/aromatic N) is 2. The maximum atomic E-state index is 5.22. The standard InChI is InChI=1S/C12H21N3OS/c1-2-7-17-9-11-14-12(16-15-11)8-13-10-5-3-4-6-10/h10,13H,2-9H2,1H3. The van der Waals surface area contributed by atoms with Crippen LogP contribution in [0.25, 0.3) is 0 Å². The van der Waals surface area contributed by atoms with E-state index < -0.39 is 0 Å². The second-order valence-electron chi connectivity index (χ2n) is 4.52. The van der Waals surface area contributed by atoms with Gasteiger partial charge < -0.3 is 9.84 Å². The SMILES string of the molecule is CCCSCc1noc(CNC2CCCC2)n1. The summed E-state index contributed by atoms with van der Waals surface area (Å²) in [5, 5.41) is 7.46. The van der Waals surface area contributed by atoms with Gasteiger partial charge in [-0.2, -0.15) is 16.7 Å². The van der Waals surface area contributed by atoms with Crippen LogP contribution in [0.3, 0.4) is 0 Å². The summed E-state index contributed by atoms with van der Waals surface area (Å²) in [6.07, 6.45) is 6.46. The van der Waals surface area contributed by atoms with E-state index >= 15 is 0 Å². The maximum absolute atomic E-state index is 5.22. The molecule has 1 aliphatic rings. The third-order valence-electron chi connectivity index (χ3n) is 2.99. The fourth-order valence-corrected chi connectivity index (χ4v) is 2.82. The Bertz CT molecular complexity index is 323. The molecule has 0 atom stereocenters. The van der Waals surface area contributed by atoms with E-state index in [4.69, 9.17) is 4.52 Å². The molecule has 1 saturated carbocycles. The molecule has 0 aliphatic heterocycles. The lowest BCUT2D eigenvalue weighted by Crippen LogP contribution is -2.25. The molecule has 4 nitrogen and oxygen atoms in total. The summed E-state index contributed by atoms with van der Waals surface area (Å²) >= 11 is 1.86. The van der Waals surface area contributed by atoms with Gasteiger partial charge in [0.1, 0.15) is 0 Å². The second kappa shape index (κ2) is 7.01. The summed E-state index contributed by atoms with van der Waals surface area (Å²) < 4.78 is 5.22. The summed E-state index contributed by atoms with van der Waals surface area (Å²) in [5.41, 5.74) is 0. The first-order valence-electron chi connectivity index (χ1n) is 6.51. The van der Waals surface area contributed by atoms with Gasteiger partial charge in [-0.1, -0.05) is 24.9 Å². The van der Waals surface area contributed by atoms with Gasteiger partial charge in [0, 0.05) is 6.04 Å². The number of thioether (sulfide) groups is 1. The van der Waals surface area contributed by atoms with Crippen molar-refractivity contribution in [3.63, 3.8) is 0 Å². The first kappa shape index (κ1) is 12.9. The summed E-state index contributed by atoms with van der Waals surface area (Å²) in [6, 6.07) is 0.653. The first-order chi connectivity index (χ1) is 8.38. The minimum atomic E-state index is 0.653. The van der Waals surface area contributed by atoms with E-state index in [1.165, 1.54) is 32.1 Å². The number of hydrogen-bond donors (Lipinski definition) is 1. The molecule has 1 aromatic rings. The van der Waals surface area contributed by atoms with Gasteiger partial charge in [0.25, 0.3) is 0 Å². The Kier molecular flexibility index (Phi) is 5.32. The predicted octanol–water partition coefficient (Wildman–Crippen LogP) is 2.75. The molecule has 0 radical (unpaired) electrons. The van der Waals surface area contributed by atoms with Crippen LogP contribution in [-0.2, 0) is 12.3 Å². The molecule has 5 heteroatoms. The van der Waals surface area contributed by atoms with E-state index in [-0.39, 0.29) is 0 Å². The quantitative estimate of drug-likeness (QED) is 0.759. The number of nitrogens with one attached hydrogen (secondary N) is 1. The van der Waals surface area contributed by atoms with Crippen molar-refractivity contribution in [2.24, 2.45) is 0 Å². The molecule has 0 spiro atoms. The Morgan fingerprint density at radius 1 is 1.41 bits per heavy atom. The average Bonchev–Trinajstić information content (AvgIpc) is 2.98. The Morgan fingerprint density at radius 2 is 2.24 bits per heavy atom. The zero-order valence-electron chi connectivity index (χ0n) is 10.4. The van der Waals surface area contributed by atoms with Crippen molar-refractivity contribution in [1.82, 2.24) is 15.5 Å². The Morgan fingerprint density at radius 3 is 3.00 bits per heavy atom. The molecule has 17 heavy (non-hydrogen) atoms. The maximum Gasteiger partial charge on any atom is 0.240 e.